The maximum Gasteiger partial charge on any atom is 0.181 e. The zero-order chi connectivity index (χ0) is 33.3. The molecule has 240 valence electrons. The van der Waals surface area contributed by atoms with Crippen LogP contribution in [0, 0.1) is 0 Å². The first-order chi connectivity index (χ1) is 23.1. The molecule has 6 nitrogen and oxygen atoms in total. The number of benzene rings is 4. The highest BCUT2D eigenvalue weighted by Crippen LogP contribution is 2.48. The summed E-state index contributed by atoms with van der Waals surface area (Å²) in [6, 6.07) is 26.9. The fourth-order valence-corrected chi connectivity index (χ4v) is 6.83. The molecule has 0 atom stereocenters. The highest BCUT2D eigenvalue weighted by Gasteiger charge is 2.26. The average molecular weight is 634 g/mol. The van der Waals surface area contributed by atoms with E-state index in [-0.39, 0.29) is 5.41 Å². The van der Waals surface area contributed by atoms with Gasteiger partial charge in [0.15, 0.2) is 11.3 Å². The first-order valence-corrected chi connectivity index (χ1v) is 16.7. The van der Waals surface area contributed by atoms with Crippen molar-refractivity contribution in [3.8, 4) is 39.8 Å². The van der Waals surface area contributed by atoms with Crippen LogP contribution in [0.2, 0.25) is 0 Å². The van der Waals surface area contributed by atoms with Gasteiger partial charge in [-0.2, -0.15) is 0 Å². The van der Waals surface area contributed by atoms with E-state index in [9.17, 15) is 0 Å². The third-order valence-corrected chi connectivity index (χ3v) is 9.31. The van der Waals surface area contributed by atoms with Gasteiger partial charge in [-0.25, -0.2) is 4.98 Å². The molecule has 0 saturated carbocycles. The van der Waals surface area contributed by atoms with Crippen LogP contribution in [0.15, 0.2) is 106 Å². The number of hydrogen-bond donors (Lipinski definition) is 0. The van der Waals surface area contributed by atoms with Gasteiger partial charge in [0, 0.05) is 29.7 Å². The molecular formula is C42H39N3O3. The van der Waals surface area contributed by atoms with Gasteiger partial charge in [-0.1, -0.05) is 84.9 Å². The van der Waals surface area contributed by atoms with Crippen molar-refractivity contribution in [3.63, 3.8) is 0 Å². The lowest BCUT2D eigenvalue weighted by molar-refractivity contribution is 0.476. The minimum atomic E-state index is -0.0358. The molecule has 0 radical (unpaired) electrons. The van der Waals surface area contributed by atoms with E-state index in [0.29, 0.717) is 28.9 Å². The molecule has 48 heavy (non-hydrogen) atoms. The lowest BCUT2D eigenvalue weighted by atomic mass is 9.87. The second-order valence-corrected chi connectivity index (χ2v) is 14.3. The van der Waals surface area contributed by atoms with E-state index in [1.165, 1.54) is 22.4 Å². The zero-order valence-corrected chi connectivity index (χ0v) is 28.5. The largest absolute Gasteiger partial charge is 0.455 e. The first-order valence-electron chi connectivity index (χ1n) is 16.7. The Morgan fingerprint density at radius 1 is 0.708 bits per heavy atom. The first kappa shape index (κ1) is 30.0. The Morgan fingerprint density at radius 2 is 1.40 bits per heavy atom. The van der Waals surface area contributed by atoms with E-state index in [4.69, 9.17) is 23.5 Å². The Labute approximate surface area is 280 Å². The van der Waals surface area contributed by atoms with E-state index < -0.39 is 0 Å². The van der Waals surface area contributed by atoms with Crippen molar-refractivity contribution in [2.45, 2.75) is 65.7 Å². The van der Waals surface area contributed by atoms with Crippen molar-refractivity contribution in [2.24, 2.45) is 0 Å². The van der Waals surface area contributed by atoms with Gasteiger partial charge >= 0.3 is 0 Å². The molecule has 0 aliphatic heterocycles. The zero-order valence-electron chi connectivity index (χ0n) is 28.5. The number of aromatic nitrogens is 3. The van der Waals surface area contributed by atoms with Gasteiger partial charge < -0.3 is 13.6 Å². The number of para-hydroxylation sites is 1. The molecule has 4 aromatic heterocycles. The van der Waals surface area contributed by atoms with Crippen molar-refractivity contribution in [1.82, 2.24) is 14.5 Å². The summed E-state index contributed by atoms with van der Waals surface area (Å²) >= 11 is 0. The van der Waals surface area contributed by atoms with E-state index in [1.807, 2.05) is 54.9 Å². The minimum absolute atomic E-state index is 0.0358. The summed E-state index contributed by atoms with van der Waals surface area (Å²) < 4.78 is 21.9. The Balaban J connectivity index is 1.27. The molecule has 4 heterocycles. The molecule has 0 N–H and O–H groups in total. The molecule has 4 aromatic carbocycles. The molecular weight excluding hydrogens is 594 g/mol. The third-order valence-electron chi connectivity index (χ3n) is 9.31. The van der Waals surface area contributed by atoms with Crippen LogP contribution >= 0.6 is 0 Å². The Kier molecular flexibility index (Phi) is 6.95. The number of imidazole rings is 1. The van der Waals surface area contributed by atoms with Gasteiger partial charge in [0.1, 0.15) is 28.3 Å². The van der Waals surface area contributed by atoms with Crippen molar-refractivity contribution in [3.05, 3.63) is 114 Å². The van der Waals surface area contributed by atoms with Crippen LogP contribution in [0.1, 0.15) is 77.0 Å². The molecule has 0 bridgehead atoms. The maximum absolute atomic E-state index is 6.75. The second kappa shape index (κ2) is 11.1. The van der Waals surface area contributed by atoms with Gasteiger partial charge in [-0.3, -0.25) is 9.55 Å². The van der Waals surface area contributed by atoms with Crippen LogP contribution in [0.5, 0.6) is 11.5 Å². The van der Waals surface area contributed by atoms with Crippen LogP contribution in [0.25, 0.3) is 61.4 Å². The van der Waals surface area contributed by atoms with Crippen LogP contribution < -0.4 is 4.74 Å². The summed E-state index contributed by atoms with van der Waals surface area (Å²) in [7, 11) is 0. The van der Waals surface area contributed by atoms with Crippen LogP contribution in [0.4, 0.5) is 0 Å². The highest BCUT2D eigenvalue weighted by molar-refractivity contribution is 6.24. The Bertz CT molecular complexity index is 2410. The second-order valence-electron chi connectivity index (χ2n) is 14.3. The van der Waals surface area contributed by atoms with E-state index in [0.717, 1.165) is 50.2 Å². The lowest BCUT2D eigenvalue weighted by Crippen LogP contribution is -2.11. The molecule has 0 saturated heterocycles. The lowest BCUT2D eigenvalue weighted by Gasteiger charge is -2.22. The minimum Gasteiger partial charge on any atom is -0.455 e. The summed E-state index contributed by atoms with van der Waals surface area (Å²) in [4.78, 5) is 9.65. The fraction of sp³-hybridized carbons (Fsp3) is 0.238. The predicted octanol–water partition coefficient (Wildman–Crippen LogP) is 12.0. The number of ether oxygens (including phenoxy) is 1. The number of hydrogen-bond acceptors (Lipinski definition) is 5. The number of furan rings is 2. The predicted molar refractivity (Wildman–Crippen MR) is 194 cm³/mol. The number of rotatable bonds is 7. The summed E-state index contributed by atoms with van der Waals surface area (Å²) in [5, 5.41) is 1.87. The van der Waals surface area contributed by atoms with Crippen LogP contribution in [-0.2, 0) is 5.41 Å². The topological polar surface area (TPSA) is 66.2 Å². The summed E-state index contributed by atoms with van der Waals surface area (Å²) in [6.45, 7) is 15.6. The van der Waals surface area contributed by atoms with Crippen LogP contribution in [0.3, 0.4) is 0 Å². The Hall–Kier alpha value is -5.36. The molecule has 0 aliphatic rings. The molecule has 8 rings (SSSR count). The smallest absolute Gasteiger partial charge is 0.181 e. The standard InChI is InChI=1S/C42H39N3O3/c1-24(2)29-13-9-14-30(25(3)4)38(29)45-20-19-44-41(45)26-11-8-12-28(21-26)46-35-23-31(32-22-27(17-18-43-32)42(5,6)7)39-37-36-33(47-39)15-10-16-34(36)48-40(35)37/h8-25H,1-7H3. The highest BCUT2D eigenvalue weighted by atomic mass is 16.5. The SMILES string of the molecule is CC(C)c1cccc(C(C)C)c1-n1ccnc1-c1cccc(Oc2cc(-c3cc(C(C)(C)C)ccn3)c3oc4cccc5oc2c3c54)c1. The molecule has 0 spiro atoms. The van der Waals surface area contributed by atoms with E-state index >= 15 is 0 Å². The van der Waals surface area contributed by atoms with Gasteiger partial charge in [0.05, 0.1) is 22.2 Å². The normalized spacial score (nSPS) is 12.4. The van der Waals surface area contributed by atoms with E-state index in [2.05, 4.69) is 95.6 Å². The third kappa shape index (κ3) is 4.86. The quantitative estimate of drug-likeness (QED) is 0.175. The van der Waals surface area contributed by atoms with Crippen LogP contribution in [-0.4, -0.2) is 14.5 Å². The number of pyridine rings is 1. The molecule has 0 unspecified atom stereocenters. The van der Waals surface area contributed by atoms with Gasteiger partial charge in [0.2, 0.25) is 0 Å². The van der Waals surface area contributed by atoms with Crippen molar-refractivity contribution in [2.75, 3.05) is 0 Å². The molecule has 0 amide bonds. The van der Waals surface area contributed by atoms with E-state index in [1.54, 1.807) is 0 Å². The van der Waals surface area contributed by atoms with Crippen molar-refractivity contribution >= 4 is 33.1 Å². The average Bonchev–Trinajstić information content (AvgIpc) is 3.81. The molecule has 0 fully saturated rings. The van der Waals surface area contributed by atoms with Gasteiger partial charge in [-0.05, 0) is 76.4 Å². The summed E-state index contributed by atoms with van der Waals surface area (Å²) in [5.74, 6) is 2.86. The molecule has 6 heteroatoms. The summed E-state index contributed by atoms with van der Waals surface area (Å²) in [5.41, 5.74) is 10.5. The van der Waals surface area contributed by atoms with Gasteiger partial charge in [-0.15, -0.1) is 0 Å². The van der Waals surface area contributed by atoms with Gasteiger partial charge in [0.25, 0.3) is 0 Å². The monoisotopic (exact) mass is 633 g/mol. The Morgan fingerprint density at radius 3 is 2.10 bits per heavy atom. The van der Waals surface area contributed by atoms with Crippen molar-refractivity contribution in [1.29, 1.82) is 0 Å². The van der Waals surface area contributed by atoms with Crippen molar-refractivity contribution < 1.29 is 13.6 Å². The fourth-order valence-electron chi connectivity index (χ4n) is 6.83. The summed E-state index contributed by atoms with van der Waals surface area (Å²) in [6.07, 6.45) is 5.80. The molecule has 0 aliphatic carbocycles. The molecule has 8 aromatic rings. The number of nitrogens with zero attached hydrogens (tertiary/aromatic N) is 3. The maximum atomic E-state index is 6.75.